The Bertz CT molecular complexity index is 479. The van der Waals surface area contributed by atoms with E-state index in [1.165, 1.54) is 7.11 Å². The van der Waals surface area contributed by atoms with Crippen molar-refractivity contribution in [2.75, 3.05) is 51.4 Å². The number of nitrogens with zero attached hydrogens (tertiary/aromatic N) is 4. The third-order valence-electron chi connectivity index (χ3n) is 4.11. The summed E-state index contributed by atoms with van der Waals surface area (Å²) in [7, 11) is 1.34. The predicted octanol–water partition coefficient (Wildman–Crippen LogP) is 0.174. The summed E-state index contributed by atoms with van der Waals surface area (Å²) in [5.41, 5.74) is 0.239. The molecule has 1 unspecified atom stereocenters. The summed E-state index contributed by atoms with van der Waals surface area (Å²) in [5.74, 6) is 0.352. The fourth-order valence-electron chi connectivity index (χ4n) is 2.83. The molecular weight excluding hydrogens is 272 g/mol. The van der Waals surface area contributed by atoms with Gasteiger partial charge in [-0.25, -0.2) is 4.79 Å². The highest BCUT2D eigenvalue weighted by Gasteiger charge is 2.27. The van der Waals surface area contributed by atoms with Crippen LogP contribution in [-0.2, 0) is 9.47 Å². The van der Waals surface area contributed by atoms with Crippen molar-refractivity contribution < 1.29 is 14.3 Å². The van der Waals surface area contributed by atoms with Gasteiger partial charge < -0.3 is 14.4 Å². The van der Waals surface area contributed by atoms with Gasteiger partial charge in [0.05, 0.1) is 13.7 Å². The summed E-state index contributed by atoms with van der Waals surface area (Å²) in [4.78, 5) is 16.0. The van der Waals surface area contributed by atoms with Crippen LogP contribution in [-0.4, -0.2) is 73.6 Å². The van der Waals surface area contributed by atoms with Crippen molar-refractivity contribution in [1.29, 1.82) is 0 Å². The second-order valence-electron chi connectivity index (χ2n) is 5.31. The second-order valence-corrected chi connectivity index (χ2v) is 5.31. The molecule has 1 atom stereocenters. The number of carbonyl (C=O) groups excluding carboxylic acids is 1. The molecule has 0 bridgehead atoms. The lowest BCUT2D eigenvalue weighted by molar-refractivity contribution is 0.0592. The molecule has 1 aromatic rings. The zero-order valence-electron chi connectivity index (χ0n) is 12.2. The Hall–Kier alpha value is -1.73. The minimum absolute atomic E-state index is 0.239. The lowest BCUT2D eigenvalue weighted by Gasteiger charge is -2.37. The van der Waals surface area contributed by atoms with E-state index in [2.05, 4.69) is 24.7 Å². The van der Waals surface area contributed by atoms with Gasteiger partial charge in [-0.05, 0) is 18.6 Å². The van der Waals surface area contributed by atoms with Crippen LogP contribution in [0, 0.1) is 0 Å². The van der Waals surface area contributed by atoms with Gasteiger partial charge in [0.1, 0.15) is 0 Å². The maximum atomic E-state index is 11.3. The molecule has 3 rings (SSSR count). The number of rotatable bonds is 3. The van der Waals surface area contributed by atoms with Gasteiger partial charge in [-0.15, -0.1) is 10.2 Å². The van der Waals surface area contributed by atoms with Gasteiger partial charge in [0, 0.05) is 38.8 Å². The van der Waals surface area contributed by atoms with Crippen molar-refractivity contribution >= 4 is 11.8 Å². The summed E-state index contributed by atoms with van der Waals surface area (Å²) < 4.78 is 10.1. The molecule has 2 aliphatic heterocycles. The van der Waals surface area contributed by atoms with Gasteiger partial charge in [0.15, 0.2) is 11.5 Å². The maximum Gasteiger partial charge on any atom is 0.358 e. The second kappa shape index (κ2) is 6.36. The number of aromatic nitrogens is 2. The van der Waals surface area contributed by atoms with Gasteiger partial charge >= 0.3 is 5.97 Å². The van der Waals surface area contributed by atoms with Crippen molar-refractivity contribution in [2.24, 2.45) is 0 Å². The Kier molecular flexibility index (Phi) is 4.31. The van der Waals surface area contributed by atoms with Crippen molar-refractivity contribution in [3.8, 4) is 0 Å². The molecule has 0 aliphatic carbocycles. The van der Waals surface area contributed by atoms with E-state index in [1.807, 2.05) is 6.07 Å². The van der Waals surface area contributed by atoms with E-state index >= 15 is 0 Å². The number of hydrogen-bond donors (Lipinski definition) is 0. The van der Waals surface area contributed by atoms with E-state index in [1.54, 1.807) is 6.07 Å². The molecule has 3 heterocycles. The van der Waals surface area contributed by atoms with E-state index in [9.17, 15) is 4.79 Å². The molecule has 7 heteroatoms. The summed E-state index contributed by atoms with van der Waals surface area (Å²) in [6, 6.07) is 4.05. The van der Waals surface area contributed by atoms with Crippen LogP contribution in [0.5, 0.6) is 0 Å². The lowest BCUT2D eigenvalue weighted by atomic mass is 10.2. The van der Waals surface area contributed by atoms with Gasteiger partial charge in [-0.3, -0.25) is 4.90 Å². The number of ether oxygens (including phenoxy) is 2. The van der Waals surface area contributed by atoms with Crippen molar-refractivity contribution in [3.05, 3.63) is 17.8 Å². The zero-order valence-corrected chi connectivity index (χ0v) is 12.2. The third-order valence-corrected chi connectivity index (χ3v) is 4.11. The molecule has 0 N–H and O–H groups in total. The third kappa shape index (κ3) is 3.14. The summed E-state index contributed by atoms with van der Waals surface area (Å²) in [5, 5.41) is 8.05. The molecule has 1 aromatic heterocycles. The van der Waals surface area contributed by atoms with E-state index < -0.39 is 5.97 Å². The van der Waals surface area contributed by atoms with Gasteiger partial charge in [0.25, 0.3) is 0 Å². The minimum Gasteiger partial charge on any atom is -0.464 e. The van der Waals surface area contributed by atoms with E-state index in [0.29, 0.717) is 6.04 Å². The number of methoxy groups -OCH3 is 1. The highest BCUT2D eigenvalue weighted by atomic mass is 16.5. The number of piperazine rings is 1. The SMILES string of the molecule is COC(=O)c1ccc(N2CCN(C3CCOC3)CC2)nn1. The first-order chi connectivity index (χ1) is 10.3. The Balaban J connectivity index is 1.57. The Labute approximate surface area is 123 Å². The Morgan fingerprint density at radius 2 is 2.10 bits per heavy atom. The van der Waals surface area contributed by atoms with Crippen LogP contribution in [0.3, 0.4) is 0 Å². The Morgan fingerprint density at radius 1 is 1.29 bits per heavy atom. The van der Waals surface area contributed by atoms with Crippen LogP contribution in [0.1, 0.15) is 16.9 Å². The van der Waals surface area contributed by atoms with Crippen molar-refractivity contribution in [1.82, 2.24) is 15.1 Å². The highest BCUT2D eigenvalue weighted by molar-refractivity contribution is 5.86. The number of hydrogen-bond acceptors (Lipinski definition) is 7. The fourth-order valence-corrected chi connectivity index (χ4v) is 2.83. The number of anilines is 1. The molecule has 2 fully saturated rings. The molecule has 0 spiro atoms. The minimum atomic E-state index is -0.458. The van der Waals surface area contributed by atoms with Crippen LogP contribution >= 0.6 is 0 Å². The molecular formula is C14H20N4O3. The smallest absolute Gasteiger partial charge is 0.358 e. The highest BCUT2D eigenvalue weighted by Crippen LogP contribution is 2.18. The van der Waals surface area contributed by atoms with Gasteiger partial charge in [-0.2, -0.15) is 0 Å². The number of esters is 1. The van der Waals surface area contributed by atoms with E-state index in [4.69, 9.17) is 4.74 Å². The van der Waals surface area contributed by atoms with E-state index in [0.717, 1.165) is 51.6 Å². The maximum absolute atomic E-state index is 11.3. The average molecular weight is 292 g/mol. The summed E-state index contributed by atoms with van der Waals surface area (Å²) >= 11 is 0. The predicted molar refractivity (Wildman–Crippen MR) is 76.4 cm³/mol. The van der Waals surface area contributed by atoms with Crippen LogP contribution in [0.4, 0.5) is 5.82 Å². The number of carbonyl (C=O) groups is 1. The zero-order chi connectivity index (χ0) is 14.7. The molecule has 0 amide bonds. The Morgan fingerprint density at radius 3 is 2.67 bits per heavy atom. The fraction of sp³-hybridized carbons (Fsp3) is 0.643. The molecule has 2 aliphatic rings. The normalized spacial score (nSPS) is 23.3. The molecule has 114 valence electrons. The first kappa shape index (κ1) is 14.2. The monoisotopic (exact) mass is 292 g/mol. The van der Waals surface area contributed by atoms with Crippen LogP contribution in [0.25, 0.3) is 0 Å². The molecule has 0 aromatic carbocycles. The van der Waals surface area contributed by atoms with Crippen molar-refractivity contribution in [3.63, 3.8) is 0 Å². The quantitative estimate of drug-likeness (QED) is 0.736. The average Bonchev–Trinajstić information content (AvgIpc) is 3.09. The van der Waals surface area contributed by atoms with E-state index in [-0.39, 0.29) is 5.69 Å². The molecule has 21 heavy (non-hydrogen) atoms. The first-order valence-electron chi connectivity index (χ1n) is 7.26. The van der Waals surface area contributed by atoms with Crippen LogP contribution in [0.2, 0.25) is 0 Å². The summed E-state index contributed by atoms with van der Waals surface area (Å²) in [6.45, 7) is 5.59. The topological polar surface area (TPSA) is 67.8 Å². The standard InChI is InChI=1S/C14H20N4O3/c1-20-14(19)12-2-3-13(16-15-12)18-7-5-17(6-8-18)11-4-9-21-10-11/h2-3,11H,4-10H2,1H3. The van der Waals surface area contributed by atoms with Gasteiger partial charge in [0.2, 0.25) is 0 Å². The van der Waals surface area contributed by atoms with Gasteiger partial charge in [-0.1, -0.05) is 0 Å². The van der Waals surface area contributed by atoms with Crippen LogP contribution in [0.15, 0.2) is 12.1 Å². The molecule has 0 saturated carbocycles. The molecule has 7 nitrogen and oxygen atoms in total. The van der Waals surface area contributed by atoms with Crippen molar-refractivity contribution in [2.45, 2.75) is 12.5 Å². The first-order valence-corrected chi connectivity index (χ1v) is 7.26. The molecule has 0 radical (unpaired) electrons. The largest absolute Gasteiger partial charge is 0.464 e. The summed E-state index contributed by atoms with van der Waals surface area (Å²) in [6.07, 6.45) is 1.13. The van der Waals surface area contributed by atoms with Crippen LogP contribution < -0.4 is 4.90 Å². The molecule has 2 saturated heterocycles. The lowest BCUT2D eigenvalue weighted by Crippen LogP contribution is -2.50.